The summed E-state index contributed by atoms with van der Waals surface area (Å²) in [6.45, 7) is 1.82. The Morgan fingerprint density at radius 3 is 2.32 bits per heavy atom. The number of hydrogen-bond donors (Lipinski definition) is 3. The second-order valence-corrected chi connectivity index (χ2v) is 10.2. The molecule has 4 rings (SSSR count). The number of aliphatic hydroxyl groups is 1. The highest BCUT2D eigenvalue weighted by molar-refractivity contribution is 5.89. The lowest BCUT2D eigenvalue weighted by atomic mass is 9.99. The van der Waals surface area contributed by atoms with Crippen LogP contribution in [0.15, 0.2) is 84.9 Å². The van der Waals surface area contributed by atoms with Gasteiger partial charge in [-0.25, -0.2) is 0 Å². The Bertz CT molecular complexity index is 1190. The molecule has 2 amide bonds. The van der Waals surface area contributed by atoms with Crippen molar-refractivity contribution in [2.24, 2.45) is 5.92 Å². The molecule has 0 aliphatic carbocycles. The van der Waals surface area contributed by atoms with E-state index < -0.39 is 18.1 Å². The molecule has 0 unspecified atom stereocenters. The molecular weight excluding hydrogens is 476 g/mol. The van der Waals surface area contributed by atoms with E-state index in [1.807, 2.05) is 86.9 Å². The number of amides is 2. The van der Waals surface area contributed by atoms with Gasteiger partial charge in [-0.05, 0) is 35.2 Å². The van der Waals surface area contributed by atoms with Crippen LogP contribution in [-0.2, 0) is 29.1 Å². The highest BCUT2D eigenvalue weighted by atomic mass is 16.3. The van der Waals surface area contributed by atoms with Crippen molar-refractivity contribution in [1.29, 1.82) is 0 Å². The van der Waals surface area contributed by atoms with Gasteiger partial charge in [0.2, 0.25) is 11.8 Å². The van der Waals surface area contributed by atoms with E-state index in [0.717, 1.165) is 22.4 Å². The molecule has 1 aliphatic rings. The number of carbonyl (C=O) groups is 2. The van der Waals surface area contributed by atoms with Crippen LogP contribution in [-0.4, -0.2) is 61.2 Å². The maximum absolute atomic E-state index is 13.3. The van der Waals surface area contributed by atoms with Gasteiger partial charge < -0.3 is 25.5 Å². The zero-order chi connectivity index (χ0) is 26.9. The minimum atomic E-state index is -0.797. The van der Waals surface area contributed by atoms with E-state index in [-0.39, 0.29) is 18.2 Å². The summed E-state index contributed by atoms with van der Waals surface area (Å²) in [4.78, 5) is 29.7. The SMILES string of the molecule is CN(C)c1cccc(CNC[C@H](O)[C@H](Cc2ccccc2)NC(=O)[C@H]2CC(=O)N(Cc3ccccc3)C2)c1. The molecule has 38 heavy (non-hydrogen) atoms. The third-order valence-electron chi connectivity index (χ3n) is 7.00. The summed E-state index contributed by atoms with van der Waals surface area (Å²) < 4.78 is 0. The molecule has 1 fully saturated rings. The van der Waals surface area contributed by atoms with Crippen LogP contribution in [0.5, 0.6) is 0 Å². The summed E-state index contributed by atoms with van der Waals surface area (Å²) in [5.74, 6) is -0.637. The molecule has 0 saturated carbocycles. The molecular formula is C31H38N4O3. The van der Waals surface area contributed by atoms with Crippen LogP contribution in [0, 0.1) is 5.92 Å². The first-order chi connectivity index (χ1) is 18.4. The van der Waals surface area contributed by atoms with E-state index in [4.69, 9.17) is 0 Å². The number of benzene rings is 3. The smallest absolute Gasteiger partial charge is 0.225 e. The fourth-order valence-electron chi connectivity index (χ4n) is 4.81. The second kappa shape index (κ2) is 13.2. The molecule has 3 N–H and O–H groups in total. The first-order valence-electron chi connectivity index (χ1n) is 13.2. The van der Waals surface area contributed by atoms with Gasteiger partial charge in [0.1, 0.15) is 0 Å². The summed E-state index contributed by atoms with van der Waals surface area (Å²) in [6, 6.07) is 27.4. The first kappa shape index (κ1) is 27.4. The van der Waals surface area contributed by atoms with Crippen LogP contribution >= 0.6 is 0 Å². The average Bonchev–Trinajstić information content (AvgIpc) is 3.29. The molecule has 3 aromatic carbocycles. The summed E-state index contributed by atoms with van der Waals surface area (Å²) >= 11 is 0. The van der Waals surface area contributed by atoms with Gasteiger partial charge in [0, 0.05) is 52.4 Å². The number of rotatable bonds is 12. The van der Waals surface area contributed by atoms with Gasteiger partial charge in [-0.1, -0.05) is 72.8 Å². The Hall–Kier alpha value is -3.68. The number of anilines is 1. The van der Waals surface area contributed by atoms with Gasteiger partial charge in [-0.15, -0.1) is 0 Å². The maximum Gasteiger partial charge on any atom is 0.225 e. The van der Waals surface area contributed by atoms with Crippen molar-refractivity contribution in [3.63, 3.8) is 0 Å². The Labute approximate surface area is 225 Å². The molecule has 3 aromatic rings. The lowest BCUT2D eigenvalue weighted by Gasteiger charge is -2.26. The van der Waals surface area contributed by atoms with Crippen LogP contribution in [0.25, 0.3) is 0 Å². The van der Waals surface area contributed by atoms with Gasteiger partial charge in [-0.2, -0.15) is 0 Å². The van der Waals surface area contributed by atoms with Crippen molar-refractivity contribution < 1.29 is 14.7 Å². The number of nitrogens with one attached hydrogen (secondary N) is 2. The monoisotopic (exact) mass is 514 g/mol. The summed E-state index contributed by atoms with van der Waals surface area (Å²) in [5, 5.41) is 17.5. The van der Waals surface area contributed by atoms with Crippen molar-refractivity contribution in [3.8, 4) is 0 Å². The van der Waals surface area contributed by atoms with Gasteiger partial charge in [0.05, 0.1) is 18.1 Å². The molecule has 0 radical (unpaired) electrons. The molecule has 200 valence electrons. The Morgan fingerprint density at radius 1 is 0.974 bits per heavy atom. The third-order valence-corrected chi connectivity index (χ3v) is 7.00. The summed E-state index contributed by atoms with van der Waals surface area (Å²) in [6.07, 6.45) is -0.110. The molecule has 0 aromatic heterocycles. The van der Waals surface area contributed by atoms with Gasteiger partial charge >= 0.3 is 0 Å². The molecule has 7 nitrogen and oxygen atoms in total. The van der Waals surface area contributed by atoms with Crippen LogP contribution in [0.3, 0.4) is 0 Å². The van der Waals surface area contributed by atoms with E-state index in [9.17, 15) is 14.7 Å². The number of likely N-dealkylation sites (tertiary alicyclic amines) is 1. The zero-order valence-corrected chi connectivity index (χ0v) is 22.2. The fraction of sp³-hybridized carbons (Fsp3) is 0.355. The normalized spacial score (nSPS) is 16.8. The van der Waals surface area contributed by atoms with Crippen molar-refractivity contribution in [1.82, 2.24) is 15.5 Å². The van der Waals surface area contributed by atoms with Crippen molar-refractivity contribution in [2.45, 2.75) is 38.1 Å². The number of carbonyl (C=O) groups excluding carboxylic acids is 2. The number of hydrogen-bond acceptors (Lipinski definition) is 5. The van der Waals surface area contributed by atoms with E-state index in [1.165, 1.54) is 0 Å². The fourth-order valence-corrected chi connectivity index (χ4v) is 4.81. The standard InChI is InChI=1S/C31H38N4O3/c1-34(2)27-15-9-14-25(16-27)19-32-20-29(36)28(17-23-10-5-3-6-11-23)33-31(38)26-18-30(37)35(22-26)21-24-12-7-4-8-13-24/h3-16,26,28-29,32,36H,17-22H2,1-2H3,(H,33,38)/t26-,28-,29-/m0/s1. The second-order valence-electron chi connectivity index (χ2n) is 10.2. The minimum absolute atomic E-state index is 0.0178. The van der Waals surface area contributed by atoms with Crippen molar-refractivity contribution in [2.75, 3.05) is 32.1 Å². The first-order valence-corrected chi connectivity index (χ1v) is 13.2. The molecule has 0 spiro atoms. The lowest BCUT2D eigenvalue weighted by Crippen LogP contribution is -2.50. The predicted octanol–water partition coefficient (Wildman–Crippen LogP) is 2.98. The van der Waals surface area contributed by atoms with Gasteiger partial charge in [-0.3, -0.25) is 9.59 Å². The Morgan fingerprint density at radius 2 is 1.63 bits per heavy atom. The molecule has 7 heteroatoms. The average molecular weight is 515 g/mol. The largest absolute Gasteiger partial charge is 0.390 e. The van der Waals surface area contributed by atoms with Crippen molar-refractivity contribution in [3.05, 3.63) is 102 Å². The van der Waals surface area contributed by atoms with Crippen LogP contribution < -0.4 is 15.5 Å². The van der Waals surface area contributed by atoms with Gasteiger partial charge in [0.25, 0.3) is 0 Å². The third kappa shape index (κ3) is 7.66. The molecule has 0 bridgehead atoms. The van der Waals surface area contributed by atoms with E-state index >= 15 is 0 Å². The number of aliphatic hydroxyl groups excluding tert-OH is 1. The predicted molar refractivity (Wildman–Crippen MR) is 151 cm³/mol. The highest BCUT2D eigenvalue weighted by Gasteiger charge is 2.35. The van der Waals surface area contributed by atoms with Crippen LogP contribution in [0.1, 0.15) is 23.1 Å². The topological polar surface area (TPSA) is 84.9 Å². The minimum Gasteiger partial charge on any atom is -0.390 e. The van der Waals surface area contributed by atoms with Gasteiger partial charge in [0.15, 0.2) is 0 Å². The quantitative estimate of drug-likeness (QED) is 0.346. The van der Waals surface area contributed by atoms with Crippen LogP contribution in [0.4, 0.5) is 5.69 Å². The lowest BCUT2D eigenvalue weighted by molar-refractivity contribution is -0.129. The van der Waals surface area contributed by atoms with E-state index in [0.29, 0.717) is 32.6 Å². The van der Waals surface area contributed by atoms with Crippen molar-refractivity contribution >= 4 is 17.5 Å². The molecule has 3 atom stereocenters. The molecule has 1 saturated heterocycles. The molecule has 1 heterocycles. The van der Waals surface area contributed by atoms with Crippen LogP contribution in [0.2, 0.25) is 0 Å². The molecule has 1 aliphatic heterocycles. The summed E-state index contributed by atoms with van der Waals surface area (Å²) in [7, 11) is 4.01. The zero-order valence-electron chi connectivity index (χ0n) is 22.2. The Balaban J connectivity index is 1.36. The highest BCUT2D eigenvalue weighted by Crippen LogP contribution is 2.21. The Kier molecular flexibility index (Phi) is 9.51. The summed E-state index contributed by atoms with van der Waals surface area (Å²) in [5.41, 5.74) is 4.31. The number of nitrogens with zero attached hydrogens (tertiary/aromatic N) is 2. The van der Waals surface area contributed by atoms with E-state index in [2.05, 4.69) is 27.7 Å². The van der Waals surface area contributed by atoms with E-state index in [1.54, 1.807) is 4.90 Å². The maximum atomic E-state index is 13.3.